The van der Waals surface area contributed by atoms with Crippen LogP contribution in [0.1, 0.15) is 44.9 Å². The van der Waals surface area contributed by atoms with E-state index in [-0.39, 0.29) is 5.82 Å². The molecule has 1 aromatic carbocycles. The van der Waals surface area contributed by atoms with E-state index in [4.69, 9.17) is 12.2 Å². The highest BCUT2D eigenvalue weighted by atomic mass is 32.1. The van der Waals surface area contributed by atoms with E-state index in [1.807, 2.05) is 0 Å². The maximum Gasteiger partial charge on any atom is 0.170 e. The Labute approximate surface area is 119 Å². The number of benzene rings is 1. The number of nitrogens with one attached hydrogen (secondary N) is 2. The van der Waals surface area contributed by atoms with Gasteiger partial charge in [-0.05, 0) is 49.3 Å². The predicted octanol–water partition coefficient (Wildman–Crippen LogP) is 4.23. The van der Waals surface area contributed by atoms with E-state index < -0.39 is 0 Å². The number of hydrogen-bond acceptors (Lipinski definition) is 1. The van der Waals surface area contributed by atoms with Crippen LogP contribution >= 0.6 is 12.2 Å². The lowest BCUT2D eigenvalue weighted by molar-refractivity contribution is 0.430. The number of hydrogen-bond donors (Lipinski definition) is 2. The summed E-state index contributed by atoms with van der Waals surface area (Å²) in [6.45, 7) is 0. The van der Waals surface area contributed by atoms with Crippen molar-refractivity contribution in [3.63, 3.8) is 0 Å². The first-order chi connectivity index (χ1) is 9.24. The molecule has 1 aromatic rings. The topological polar surface area (TPSA) is 24.1 Å². The minimum atomic E-state index is -0.232. The second-order valence-corrected chi connectivity index (χ2v) is 5.56. The van der Waals surface area contributed by atoms with Gasteiger partial charge in [0.05, 0.1) is 0 Å². The van der Waals surface area contributed by atoms with Crippen LogP contribution in [-0.4, -0.2) is 11.2 Å². The van der Waals surface area contributed by atoms with Gasteiger partial charge < -0.3 is 10.6 Å². The lowest BCUT2D eigenvalue weighted by Crippen LogP contribution is -2.38. The van der Waals surface area contributed by atoms with Gasteiger partial charge in [-0.1, -0.05) is 32.1 Å². The summed E-state index contributed by atoms with van der Waals surface area (Å²) < 4.78 is 12.8. The van der Waals surface area contributed by atoms with E-state index in [1.165, 1.54) is 57.1 Å². The van der Waals surface area contributed by atoms with Crippen LogP contribution in [0.2, 0.25) is 0 Å². The van der Waals surface area contributed by atoms with Gasteiger partial charge in [0.25, 0.3) is 0 Å². The second-order valence-electron chi connectivity index (χ2n) is 5.15. The third-order valence-electron chi connectivity index (χ3n) is 3.54. The Kier molecular flexibility index (Phi) is 5.58. The van der Waals surface area contributed by atoms with Gasteiger partial charge >= 0.3 is 0 Å². The molecule has 1 fully saturated rings. The largest absolute Gasteiger partial charge is 0.360 e. The Morgan fingerprint density at radius 1 is 1.00 bits per heavy atom. The van der Waals surface area contributed by atoms with Crippen LogP contribution in [-0.2, 0) is 0 Å². The van der Waals surface area contributed by atoms with Crippen molar-refractivity contribution >= 4 is 23.0 Å². The zero-order chi connectivity index (χ0) is 13.5. The molecule has 104 valence electrons. The molecule has 2 N–H and O–H groups in total. The van der Waals surface area contributed by atoms with Gasteiger partial charge in [0.2, 0.25) is 0 Å². The minimum Gasteiger partial charge on any atom is -0.360 e. The highest BCUT2D eigenvalue weighted by molar-refractivity contribution is 7.80. The molecule has 4 heteroatoms. The van der Waals surface area contributed by atoms with Gasteiger partial charge in [-0.25, -0.2) is 4.39 Å². The van der Waals surface area contributed by atoms with Crippen LogP contribution in [0.5, 0.6) is 0 Å². The summed E-state index contributed by atoms with van der Waals surface area (Å²) in [5.74, 6) is -0.232. The standard InChI is InChI=1S/C15H21FN2S/c16-12-8-10-14(11-9-12)18-15(19)17-13-6-4-2-1-3-5-7-13/h8-11,13H,1-7H2,(H2,17,18,19). The van der Waals surface area contributed by atoms with Crippen LogP contribution in [0.25, 0.3) is 0 Å². The average molecular weight is 280 g/mol. The van der Waals surface area contributed by atoms with Crippen LogP contribution in [0.3, 0.4) is 0 Å². The Morgan fingerprint density at radius 2 is 1.58 bits per heavy atom. The Morgan fingerprint density at radius 3 is 2.21 bits per heavy atom. The van der Waals surface area contributed by atoms with Crippen LogP contribution in [0.4, 0.5) is 10.1 Å². The lowest BCUT2D eigenvalue weighted by Gasteiger charge is -2.22. The summed E-state index contributed by atoms with van der Waals surface area (Å²) in [5.41, 5.74) is 0.824. The van der Waals surface area contributed by atoms with Crippen molar-refractivity contribution in [2.24, 2.45) is 0 Å². The van der Waals surface area contributed by atoms with Crippen molar-refractivity contribution in [2.75, 3.05) is 5.32 Å². The smallest absolute Gasteiger partial charge is 0.170 e. The molecular formula is C15H21FN2S. The van der Waals surface area contributed by atoms with E-state index in [0.29, 0.717) is 11.2 Å². The van der Waals surface area contributed by atoms with Gasteiger partial charge in [0.15, 0.2) is 5.11 Å². The minimum absolute atomic E-state index is 0.232. The lowest BCUT2D eigenvalue weighted by atomic mass is 9.97. The fourth-order valence-corrected chi connectivity index (χ4v) is 2.77. The molecule has 0 aliphatic heterocycles. The molecule has 0 amide bonds. The highest BCUT2D eigenvalue weighted by Gasteiger charge is 2.12. The SMILES string of the molecule is Fc1ccc(NC(=S)NC2CCCCCCC2)cc1. The first kappa shape index (κ1) is 14.3. The van der Waals surface area contributed by atoms with E-state index >= 15 is 0 Å². The van der Waals surface area contributed by atoms with Gasteiger partial charge in [-0.15, -0.1) is 0 Å². The Bertz CT molecular complexity index is 397. The molecule has 0 bridgehead atoms. The molecule has 0 atom stereocenters. The summed E-state index contributed by atoms with van der Waals surface area (Å²) in [7, 11) is 0. The van der Waals surface area contributed by atoms with Crippen molar-refractivity contribution in [1.29, 1.82) is 0 Å². The first-order valence-electron chi connectivity index (χ1n) is 7.07. The third kappa shape index (κ3) is 5.15. The molecule has 0 aromatic heterocycles. The Balaban J connectivity index is 1.80. The van der Waals surface area contributed by atoms with Gasteiger partial charge in [-0.2, -0.15) is 0 Å². The molecule has 0 spiro atoms. The van der Waals surface area contributed by atoms with Crippen LogP contribution in [0.15, 0.2) is 24.3 Å². The zero-order valence-electron chi connectivity index (χ0n) is 11.1. The number of anilines is 1. The summed E-state index contributed by atoms with van der Waals surface area (Å²) >= 11 is 5.31. The first-order valence-corrected chi connectivity index (χ1v) is 7.48. The summed E-state index contributed by atoms with van der Waals surface area (Å²) in [5, 5.41) is 7.12. The van der Waals surface area contributed by atoms with Crippen molar-refractivity contribution in [3.05, 3.63) is 30.1 Å². The average Bonchev–Trinajstić information content (AvgIpc) is 2.35. The van der Waals surface area contributed by atoms with Gasteiger partial charge in [0.1, 0.15) is 5.82 Å². The zero-order valence-corrected chi connectivity index (χ0v) is 11.9. The Hall–Kier alpha value is -1.16. The molecule has 2 rings (SSSR count). The maximum absolute atomic E-state index is 12.8. The second kappa shape index (κ2) is 7.43. The summed E-state index contributed by atoms with van der Waals surface area (Å²) in [6.07, 6.45) is 8.95. The molecular weight excluding hydrogens is 259 g/mol. The van der Waals surface area contributed by atoms with Crippen molar-refractivity contribution < 1.29 is 4.39 Å². The number of rotatable bonds is 2. The van der Waals surface area contributed by atoms with Crippen molar-refractivity contribution in [3.8, 4) is 0 Å². The quantitative estimate of drug-likeness (QED) is 0.793. The molecule has 1 aliphatic rings. The fourth-order valence-electron chi connectivity index (χ4n) is 2.49. The molecule has 2 nitrogen and oxygen atoms in total. The fraction of sp³-hybridized carbons (Fsp3) is 0.533. The molecule has 0 saturated heterocycles. The van der Waals surface area contributed by atoms with E-state index in [2.05, 4.69) is 10.6 Å². The highest BCUT2D eigenvalue weighted by Crippen LogP contribution is 2.17. The van der Waals surface area contributed by atoms with E-state index in [1.54, 1.807) is 12.1 Å². The number of halogens is 1. The molecule has 0 heterocycles. The van der Waals surface area contributed by atoms with Crippen LogP contribution < -0.4 is 10.6 Å². The molecule has 19 heavy (non-hydrogen) atoms. The summed E-state index contributed by atoms with van der Waals surface area (Å²) in [6, 6.07) is 6.73. The van der Waals surface area contributed by atoms with Crippen molar-refractivity contribution in [1.82, 2.24) is 5.32 Å². The summed E-state index contributed by atoms with van der Waals surface area (Å²) in [4.78, 5) is 0. The number of thiocarbonyl (C=S) groups is 1. The normalized spacial score (nSPS) is 17.3. The molecule has 0 radical (unpaired) electrons. The molecule has 0 unspecified atom stereocenters. The molecule has 1 aliphatic carbocycles. The molecule has 1 saturated carbocycles. The van der Waals surface area contributed by atoms with Crippen molar-refractivity contribution in [2.45, 2.75) is 51.0 Å². The predicted molar refractivity (Wildman–Crippen MR) is 81.9 cm³/mol. The van der Waals surface area contributed by atoms with Gasteiger partial charge in [-0.3, -0.25) is 0 Å². The third-order valence-corrected chi connectivity index (χ3v) is 3.76. The van der Waals surface area contributed by atoms with Gasteiger partial charge in [0, 0.05) is 11.7 Å². The van der Waals surface area contributed by atoms with E-state index in [0.717, 1.165) is 5.69 Å². The van der Waals surface area contributed by atoms with E-state index in [9.17, 15) is 4.39 Å². The monoisotopic (exact) mass is 280 g/mol. The maximum atomic E-state index is 12.8. The van der Waals surface area contributed by atoms with Crippen LogP contribution in [0, 0.1) is 5.82 Å².